The van der Waals surface area contributed by atoms with Crippen molar-refractivity contribution in [3.8, 4) is 0 Å². The van der Waals surface area contributed by atoms with Crippen molar-refractivity contribution >= 4 is 6.09 Å². The lowest BCUT2D eigenvalue weighted by Crippen LogP contribution is -2.72. The third-order valence-corrected chi connectivity index (χ3v) is 3.83. The SMILES string of the molecule is COC(=O)N1NC2C3CCC(C3)C21. The molecule has 4 unspecified atom stereocenters. The molecule has 2 bridgehead atoms. The van der Waals surface area contributed by atoms with E-state index in [1.165, 1.54) is 26.4 Å². The Hall–Kier alpha value is -0.770. The van der Waals surface area contributed by atoms with Crippen molar-refractivity contribution in [3.63, 3.8) is 0 Å². The Morgan fingerprint density at radius 2 is 2.23 bits per heavy atom. The van der Waals surface area contributed by atoms with Crippen molar-refractivity contribution in [1.29, 1.82) is 0 Å². The number of fused-ring (bicyclic) bond motifs is 5. The van der Waals surface area contributed by atoms with E-state index in [1.807, 2.05) is 0 Å². The minimum absolute atomic E-state index is 0.228. The maximum atomic E-state index is 11.3. The van der Waals surface area contributed by atoms with Gasteiger partial charge in [0.1, 0.15) is 0 Å². The molecular formula is C9H14N2O2. The minimum Gasteiger partial charge on any atom is -0.452 e. The lowest BCUT2D eigenvalue weighted by atomic mass is 9.87. The van der Waals surface area contributed by atoms with Gasteiger partial charge in [0, 0.05) is 0 Å². The van der Waals surface area contributed by atoms with Gasteiger partial charge in [0.2, 0.25) is 0 Å². The monoisotopic (exact) mass is 182 g/mol. The molecule has 0 aromatic rings. The van der Waals surface area contributed by atoms with Crippen LogP contribution in [0.1, 0.15) is 19.3 Å². The fraction of sp³-hybridized carbons (Fsp3) is 0.889. The number of hydrogen-bond acceptors (Lipinski definition) is 3. The van der Waals surface area contributed by atoms with Crippen LogP contribution >= 0.6 is 0 Å². The maximum absolute atomic E-state index is 11.3. The Kier molecular flexibility index (Phi) is 1.39. The standard InChI is InChI=1S/C9H14N2O2/c1-13-9(12)11-8-6-3-2-5(4-6)7(8)10-11/h5-8,10H,2-4H2,1H3. The first-order valence-electron chi connectivity index (χ1n) is 4.94. The van der Waals surface area contributed by atoms with E-state index in [9.17, 15) is 4.79 Å². The molecule has 1 aliphatic heterocycles. The third-order valence-electron chi connectivity index (χ3n) is 3.83. The van der Waals surface area contributed by atoms with Gasteiger partial charge in [-0.3, -0.25) is 0 Å². The van der Waals surface area contributed by atoms with E-state index >= 15 is 0 Å². The number of nitrogens with zero attached hydrogens (tertiary/aromatic N) is 1. The van der Waals surface area contributed by atoms with Crippen LogP contribution in [0, 0.1) is 11.8 Å². The second-order valence-electron chi connectivity index (χ2n) is 4.32. The molecule has 4 heteroatoms. The first kappa shape index (κ1) is 7.62. The summed E-state index contributed by atoms with van der Waals surface area (Å²) in [5, 5.41) is 1.68. The lowest BCUT2D eigenvalue weighted by molar-refractivity contribution is -0.0455. The number of ether oxygens (including phenoxy) is 1. The van der Waals surface area contributed by atoms with Crippen LogP contribution in [0.25, 0.3) is 0 Å². The number of hydrogen-bond donors (Lipinski definition) is 1. The Labute approximate surface area is 77.2 Å². The van der Waals surface area contributed by atoms with E-state index in [2.05, 4.69) is 5.43 Å². The fourth-order valence-electron chi connectivity index (χ4n) is 3.25. The van der Waals surface area contributed by atoms with Crippen molar-refractivity contribution in [2.45, 2.75) is 31.3 Å². The van der Waals surface area contributed by atoms with Gasteiger partial charge in [0.05, 0.1) is 19.2 Å². The van der Waals surface area contributed by atoms with Gasteiger partial charge in [-0.1, -0.05) is 0 Å². The summed E-state index contributed by atoms with van der Waals surface area (Å²) in [6, 6.07) is 1.00. The number of methoxy groups -OCH3 is 1. The first-order chi connectivity index (χ1) is 6.31. The van der Waals surface area contributed by atoms with E-state index in [4.69, 9.17) is 4.74 Å². The van der Waals surface area contributed by atoms with Crippen LogP contribution in [-0.2, 0) is 4.74 Å². The molecule has 3 fully saturated rings. The molecule has 0 spiro atoms. The summed E-state index contributed by atoms with van der Waals surface area (Å²) in [5.74, 6) is 1.55. The van der Waals surface area contributed by atoms with Crippen LogP contribution in [0.5, 0.6) is 0 Å². The van der Waals surface area contributed by atoms with E-state index in [-0.39, 0.29) is 6.09 Å². The van der Waals surface area contributed by atoms with E-state index in [0.29, 0.717) is 12.1 Å². The average molecular weight is 182 g/mol. The number of hydrazine groups is 1. The highest BCUT2D eigenvalue weighted by Gasteiger charge is 2.58. The minimum atomic E-state index is -0.228. The van der Waals surface area contributed by atoms with E-state index in [1.54, 1.807) is 5.01 Å². The summed E-state index contributed by atoms with van der Waals surface area (Å²) in [6.45, 7) is 0. The second kappa shape index (κ2) is 2.38. The van der Waals surface area contributed by atoms with Crippen LogP contribution in [-0.4, -0.2) is 30.3 Å². The zero-order chi connectivity index (χ0) is 9.00. The summed E-state index contributed by atoms with van der Waals surface area (Å²) in [7, 11) is 1.44. The van der Waals surface area contributed by atoms with Crippen molar-refractivity contribution in [2.75, 3.05) is 7.11 Å². The lowest BCUT2D eigenvalue weighted by Gasteiger charge is -2.49. The number of carbonyl (C=O) groups excluding carboxylic acids is 1. The molecule has 72 valence electrons. The number of nitrogens with one attached hydrogen (secondary N) is 1. The van der Waals surface area contributed by atoms with Crippen molar-refractivity contribution in [2.24, 2.45) is 11.8 Å². The van der Waals surface area contributed by atoms with Gasteiger partial charge in [-0.15, -0.1) is 0 Å². The van der Waals surface area contributed by atoms with Gasteiger partial charge in [-0.25, -0.2) is 15.2 Å². The molecule has 0 radical (unpaired) electrons. The van der Waals surface area contributed by atoms with Crippen LogP contribution < -0.4 is 5.43 Å². The molecule has 0 aromatic carbocycles. The topological polar surface area (TPSA) is 41.6 Å². The van der Waals surface area contributed by atoms with Gasteiger partial charge in [-0.2, -0.15) is 0 Å². The second-order valence-corrected chi connectivity index (χ2v) is 4.32. The normalized spacial score (nSPS) is 45.8. The van der Waals surface area contributed by atoms with Crippen molar-refractivity contribution in [1.82, 2.24) is 10.4 Å². The zero-order valence-corrected chi connectivity index (χ0v) is 7.69. The Bertz CT molecular complexity index is 254. The van der Waals surface area contributed by atoms with Gasteiger partial charge in [0.15, 0.2) is 0 Å². The molecule has 4 nitrogen and oxygen atoms in total. The number of rotatable bonds is 0. The Balaban J connectivity index is 1.75. The summed E-state index contributed by atoms with van der Waals surface area (Å²) < 4.78 is 4.69. The molecule has 2 aliphatic carbocycles. The molecule has 1 N–H and O–H groups in total. The quantitative estimate of drug-likeness (QED) is 0.600. The van der Waals surface area contributed by atoms with Crippen LogP contribution in [0.15, 0.2) is 0 Å². The van der Waals surface area contributed by atoms with Gasteiger partial charge < -0.3 is 4.74 Å². The summed E-state index contributed by atoms with van der Waals surface area (Å²) in [5.41, 5.74) is 3.18. The Morgan fingerprint density at radius 1 is 1.46 bits per heavy atom. The van der Waals surface area contributed by atoms with E-state index < -0.39 is 0 Å². The van der Waals surface area contributed by atoms with Gasteiger partial charge in [0.25, 0.3) is 0 Å². The number of amides is 1. The van der Waals surface area contributed by atoms with Crippen LogP contribution in [0.2, 0.25) is 0 Å². The highest BCUT2D eigenvalue weighted by Crippen LogP contribution is 2.50. The predicted octanol–water partition coefficient (Wildman–Crippen LogP) is 0.740. The van der Waals surface area contributed by atoms with Crippen molar-refractivity contribution in [3.05, 3.63) is 0 Å². The molecule has 1 heterocycles. The highest BCUT2D eigenvalue weighted by atomic mass is 16.5. The largest absolute Gasteiger partial charge is 0.452 e. The Morgan fingerprint density at radius 3 is 2.92 bits per heavy atom. The summed E-state index contributed by atoms with van der Waals surface area (Å²) in [4.78, 5) is 11.3. The smallest absolute Gasteiger partial charge is 0.424 e. The van der Waals surface area contributed by atoms with Gasteiger partial charge in [-0.05, 0) is 31.1 Å². The molecule has 13 heavy (non-hydrogen) atoms. The molecule has 4 atom stereocenters. The number of carbonyl (C=O) groups is 1. The summed E-state index contributed by atoms with van der Waals surface area (Å²) >= 11 is 0. The third kappa shape index (κ3) is 0.817. The van der Waals surface area contributed by atoms with Crippen molar-refractivity contribution < 1.29 is 9.53 Å². The van der Waals surface area contributed by atoms with Crippen LogP contribution in [0.4, 0.5) is 4.79 Å². The molecular weight excluding hydrogens is 168 g/mol. The molecule has 3 rings (SSSR count). The predicted molar refractivity (Wildman–Crippen MR) is 45.8 cm³/mol. The van der Waals surface area contributed by atoms with E-state index in [0.717, 1.165) is 11.8 Å². The fourth-order valence-corrected chi connectivity index (χ4v) is 3.25. The molecule has 3 aliphatic rings. The highest BCUT2D eigenvalue weighted by molar-refractivity contribution is 5.68. The molecule has 0 aromatic heterocycles. The molecule has 1 saturated heterocycles. The van der Waals surface area contributed by atoms with Gasteiger partial charge >= 0.3 is 6.09 Å². The average Bonchev–Trinajstić information content (AvgIpc) is 2.59. The first-order valence-corrected chi connectivity index (χ1v) is 4.94. The maximum Gasteiger partial charge on any atom is 0.424 e. The zero-order valence-electron chi connectivity index (χ0n) is 7.69. The summed E-state index contributed by atoms with van der Waals surface area (Å²) in [6.07, 6.45) is 3.71. The van der Waals surface area contributed by atoms with Crippen LogP contribution in [0.3, 0.4) is 0 Å². The molecule has 2 saturated carbocycles. The molecule has 1 amide bonds.